The van der Waals surface area contributed by atoms with Crippen LogP contribution in [0, 0.1) is 0 Å². The van der Waals surface area contributed by atoms with Crippen LogP contribution in [0.3, 0.4) is 0 Å². The molecule has 1 aliphatic heterocycles. The number of hydrogen-bond acceptors (Lipinski definition) is 3. The van der Waals surface area contributed by atoms with Crippen LogP contribution in [0.2, 0.25) is 0 Å². The van der Waals surface area contributed by atoms with Crippen LogP contribution in [0.1, 0.15) is 22.5 Å². The molecule has 1 saturated heterocycles. The molecule has 1 N–H and O–H groups in total. The van der Waals surface area contributed by atoms with Gasteiger partial charge >= 0.3 is 0 Å². The number of thiophene rings is 1. The highest BCUT2D eigenvalue weighted by atomic mass is 79.9. The van der Waals surface area contributed by atoms with Gasteiger partial charge in [0.05, 0.1) is 8.66 Å². The summed E-state index contributed by atoms with van der Waals surface area (Å²) < 4.78 is 1.00. The minimum Gasteiger partial charge on any atom is -0.350 e. The van der Waals surface area contributed by atoms with Crippen molar-refractivity contribution in [3.8, 4) is 0 Å². The summed E-state index contributed by atoms with van der Waals surface area (Å²) in [5.74, 6) is 1.30. The fraction of sp³-hybridized carbons (Fsp3) is 0.500. The lowest BCUT2D eigenvalue weighted by Gasteiger charge is -2.08. The van der Waals surface area contributed by atoms with E-state index >= 15 is 0 Å². The first-order valence-corrected chi connectivity index (χ1v) is 7.56. The fourth-order valence-corrected chi connectivity index (χ4v) is 4.04. The Hall–Kier alpha value is -0.0000000000000000833. The van der Waals surface area contributed by atoms with Gasteiger partial charge in [0.1, 0.15) is 0 Å². The van der Waals surface area contributed by atoms with Crippen molar-refractivity contribution in [3.05, 3.63) is 20.8 Å². The summed E-state index contributed by atoms with van der Waals surface area (Å²) in [6.07, 6.45) is 2.52. The van der Waals surface area contributed by atoms with E-state index < -0.39 is 0 Å². The molecule has 15 heavy (non-hydrogen) atoms. The van der Waals surface area contributed by atoms with Crippen LogP contribution in [0.15, 0.2) is 15.9 Å². The fourth-order valence-electron chi connectivity index (χ4n) is 1.54. The molecule has 1 unspecified atom stereocenters. The maximum absolute atomic E-state index is 11.7. The Kier molecular flexibility index (Phi) is 4.11. The first-order chi connectivity index (χ1) is 7.25. The predicted octanol–water partition coefficient (Wildman–Crippen LogP) is 3.14. The molecule has 0 saturated carbocycles. The van der Waals surface area contributed by atoms with Crippen LogP contribution < -0.4 is 5.32 Å². The number of carbonyl (C=O) groups is 1. The van der Waals surface area contributed by atoms with Crippen molar-refractivity contribution < 1.29 is 4.79 Å². The lowest BCUT2D eigenvalue weighted by atomic mass is 10.2. The van der Waals surface area contributed by atoms with Gasteiger partial charge in [-0.05, 0) is 46.7 Å². The molecule has 0 spiro atoms. The van der Waals surface area contributed by atoms with E-state index in [1.165, 1.54) is 29.9 Å². The van der Waals surface area contributed by atoms with Crippen molar-refractivity contribution in [1.29, 1.82) is 0 Å². The van der Waals surface area contributed by atoms with Gasteiger partial charge in [-0.2, -0.15) is 11.8 Å². The maximum atomic E-state index is 11.7. The molecule has 1 amide bonds. The number of rotatable bonds is 3. The summed E-state index contributed by atoms with van der Waals surface area (Å²) in [5, 5.41) is 3.61. The van der Waals surface area contributed by atoms with Crippen molar-refractivity contribution in [2.75, 3.05) is 12.3 Å². The van der Waals surface area contributed by atoms with E-state index in [4.69, 9.17) is 0 Å². The van der Waals surface area contributed by atoms with Crippen molar-refractivity contribution in [3.63, 3.8) is 0 Å². The largest absolute Gasteiger partial charge is 0.350 e. The standard InChI is InChI=1S/C10H12BrNOS2/c11-9-4-3-8(15-9)10(13)12-6-7-2-1-5-14-7/h3-4,7H,1-2,5-6H2,(H,12,13). The molecule has 2 rings (SSSR count). The van der Waals surface area contributed by atoms with E-state index in [-0.39, 0.29) is 5.91 Å². The zero-order valence-electron chi connectivity index (χ0n) is 8.16. The highest BCUT2D eigenvalue weighted by Gasteiger charge is 2.17. The van der Waals surface area contributed by atoms with E-state index in [1.54, 1.807) is 0 Å². The third kappa shape index (κ3) is 3.23. The Bertz CT molecular complexity index is 347. The summed E-state index contributed by atoms with van der Waals surface area (Å²) in [6, 6.07) is 3.76. The van der Waals surface area contributed by atoms with Gasteiger partial charge < -0.3 is 5.32 Å². The normalized spacial score (nSPS) is 20.5. The van der Waals surface area contributed by atoms with Gasteiger partial charge in [-0.25, -0.2) is 0 Å². The van der Waals surface area contributed by atoms with Crippen LogP contribution in [0.25, 0.3) is 0 Å². The van der Waals surface area contributed by atoms with Gasteiger partial charge in [-0.15, -0.1) is 11.3 Å². The second-order valence-electron chi connectivity index (χ2n) is 3.45. The summed E-state index contributed by atoms with van der Waals surface area (Å²) >= 11 is 6.79. The monoisotopic (exact) mass is 305 g/mol. The van der Waals surface area contributed by atoms with Crippen LogP contribution in [-0.4, -0.2) is 23.5 Å². The van der Waals surface area contributed by atoms with Gasteiger partial charge in [0.2, 0.25) is 0 Å². The number of thioether (sulfide) groups is 1. The highest BCUT2D eigenvalue weighted by Crippen LogP contribution is 2.26. The molecule has 0 aliphatic carbocycles. The molecule has 2 nitrogen and oxygen atoms in total. The van der Waals surface area contributed by atoms with Crippen LogP contribution >= 0.6 is 39.0 Å². The second-order valence-corrected chi connectivity index (χ2v) is 7.32. The maximum Gasteiger partial charge on any atom is 0.261 e. The van der Waals surface area contributed by atoms with E-state index in [0.29, 0.717) is 5.25 Å². The molecule has 1 atom stereocenters. The quantitative estimate of drug-likeness (QED) is 0.929. The van der Waals surface area contributed by atoms with Gasteiger partial charge in [0, 0.05) is 11.8 Å². The van der Waals surface area contributed by atoms with Crippen LogP contribution in [-0.2, 0) is 0 Å². The summed E-state index contributed by atoms with van der Waals surface area (Å²) in [4.78, 5) is 12.5. The summed E-state index contributed by atoms with van der Waals surface area (Å²) in [5.41, 5.74) is 0. The second kappa shape index (κ2) is 5.37. The molecule has 1 fully saturated rings. The molecule has 0 bridgehead atoms. The molecule has 1 aromatic heterocycles. The molecule has 5 heteroatoms. The van der Waals surface area contributed by atoms with E-state index in [9.17, 15) is 4.79 Å². The van der Waals surface area contributed by atoms with Crippen LogP contribution in [0.4, 0.5) is 0 Å². The third-order valence-corrected chi connectivity index (χ3v) is 5.33. The first kappa shape index (κ1) is 11.5. The van der Waals surface area contributed by atoms with Gasteiger partial charge in [0.25, 0.3) is 5.91 Å². The molecule has 82 valence electrons. The lowest BCUT2D eigenvalue weighted by molar-refractivity contribution is 0.0958. The molecule has 0 aromatic carbocycles. The predicted molar refractivity (Wildman–Crippen MR) is 69.8 cm³/mol. The smallest absolute Gasteiger partial charge is 0.261 e. The van der Waals surface area contributed by atoms with Gasteiger partial charge in [-0.3, -0.25) is 4.79 Å². The topological polar surface area (TPSA) is 29.1 Å². The molecule has 2 heterocycles. The Morgan fingerprint density at radius 2 is 2.47 bits per heavy atom. The van der Waals surface area contributed by atoms with Crippen molar-refractivity contribution in [1.82, 2.24) is 5.32 Å². The molecular weight excluding hydrogens is 294 g/mol. The molecule has 1 aromatic rings. The van der Waals surface area contributed by atoms with E-state index in [0.717, 1.165) is 15.2 Å². The van der Waals surface area contributed by atoms with Crippen molar-refractivity contribution >= 4 is 44.9 Å². The molecule has 0 radical (unpaired) electrons. The van der Waals surface area contributed by atoms with Gasteiger partial charge in [0.15, 0.2) is 0 Å². The van der Waals surface area contributed by atoms with Crippen molar-refractivity contribution in [2.24, 2.45) is 0 Å². The minimum atomic E-state index is 0.0539. The number of nitrogens with one attached hydrogen (secondary N) is 1. The molecular formula is C10H12BrNOS2. The number of amides is 1. The summed E-state index contributed by atoms with van der Waals surface area (Å²) in [7, 11) is 0. The van der Waals surface area contributed by atoms with E-state index in [2.05, 4.69) is 21.2 Å². The average Bonchev–Trinajstić information content (AvgIpc) is 2.84. The highest BCUT2D eigenvalue weighted by molar-refractivity contribution is 9.11. The zero-order valence-corrected chi connectivity index (χ0v) is 11.4. The number of carbonyl (C=O) groups excluding carboxylic acids is 1. The SMILES string of the molecule is O=C(NCC1CCCS1)c1ccc(Br)s1. The number of hydrogen-bond donors (Lipinski definition) is 1. The summed E-state index contributed by atoms with van der Waals surface area (Å²) in [6.45, 7) is 0.805. The van der Waals surface area contributed by atoms with Crippen molar-refractivity contribution in [2.45, 2.75) is 18.1 Å². The Labute approximate surface area is 106 Å². The Balaban J connectivity index is 1.81. The molecule has 1 aliphatic rings. The Morgan fingerprint density at radius 3 is 3.07 bits per heavy atom. The van der Waals surface area contributed by atoms with E-state index in [1.807, 2.05) is 23.9 Å². The number of halogens is 1. The first-order valence-electron chi connectivity index (χ1n) is 4.91. The lowest BCUT2D eigenvalue weighted by Crippen LogP contribution is -2.29. The van der Waals surface area contributed by atoms with Gasteiger partial charge in [-0.1, -0.05) is 0 Å². The zero-order chi connectivity index (χ0) is 10.7. The Morgan fingerprint density at radius 1 is 1.60 bits per heavy atom. The third-order valence-electron chi connectivity index (χ3n) is 2.31. The average molecular weight is 306 g/mol. The minimum absolute atomic E-state index is 0.0539. The van der Waals surface area contributed by atoms with Crippen LogP contribution in [0.5, 0.6) is 0 Å².